The van der Waals surface area contributed by atoms with Gasteiger partial charge in [-0.15, -0.1) is 0 Å². The third kappa shape index (κ3) is 5.19. The Morgan fingerprint density at radius 2 is 2.32 bits per heavy atom. The van der Waals surface area contributed by atoms with Gasteiger partial charge in [0.05, 0.1) is 22.2 Å². The van der Waals surface area contributed by atoms with Gasteiger partial charge in [0.1, 0.15) is 5.82 Å². The molecule has 2 heterocycles. The van der Waals surface area contributed by atoms with E-state index in [1.807, 2.05) is 6.92 Å². The van der Waals surface area contributed by atoms with Gasteiger partial charge in [-0.2, -0.15) is 0 Å². The van der Waals surface area contributed by atoms with Gasteiger partial charge in [-0.1, -0.05) is 23.2 Å². The Kier molecular flexibility index (Phi) is 6.54. The van der Waals surface area contributed by atoms with Crippen LogP contribution in [-0.2, 0) is 4.74 Å². The third-order valence-electron chi connectivity index (χ3n) is 3.39. The fourth-order valence-corrected chi connectivity index (χ4v) is 2.70. The number of anilines is 1. The molecule has 3 N–H and O–H groups in total. The molecule has 0 unspecified atom stereocenters. The van der Waals surface area contributed by atoms with Gasteiger partial charge in [-0.05, 0) is 25.8 Å². The van der Waals surface area contributed by atoms with E-state index < -0.39 is 0 Å². The lowest BCUT2D eigenvalue weighted by molar-refractivity contribution is 0.0860. The smallest absolute Gasteiger partial charge is 0.315 e. The molecule has 0 saturated carbocycles. The number of nitrogens with zero attached hydrogens (tertiary/aromatic N) is 1. The molecule has 1 saturated heterocycles. The summed E-state index contributed by atoms with van der Waals surface area (Å²) in [7, 11) is 0. The van der Waals surface area contributed by atoms with E-state index in [1.54, 1.807) is 6.07 Å². The lowest BCUT2D eigenvalue weighted by Gasteiger charge is -2.20. The Morgan fingerprint density at radius 3 is 3.00 bits per heavy atom. The number of amides is 2. The van der Waals surface area contributed by atoms with Crippen LogP contribution in [0.3, 0.4) is 0 Å². The topological polar surface area (TPSA) is 75.3 Å². The van der Waals surface area contributed by atoms with Gasteiger partial charge in [0.25, 0.3) is 0 Å². The molecule has 22 heavy (non-hydrogen) atoms. The average Bonchev–Trinajstić information content (AvgIpc) is 2.99. The molecule has 0 bridgehead atoms. The highest BCUT2D eigenvalue weighted by atomic mass is 35.5. The molecular formula is C14H20Cl2N4O2. The van der Waals surface area contributed by atoms with E-state index in [1.165, 1.54) is 6.20 Å². The summed E-state index contributed by atoms with van der Waals surface area (Å²) in [4.78, 5) is 15.8. The summed E-state index contributed by atoms with van der Waals surface area (Å²) in [6.07, 6.45) is 3.67. The molecule has 0 aliphatic carbocycles. The Labute approximate surface area is 139 Å². The van der Waals surface area contributed by atoms with Gasteiger partial charge in [0, 0.05) is 25.9 Å². The molecule has 8 heteroatoms. The molecule has 0 spiro atoms. The second-order valence-electron chi connectivity index (χ2n) is 5.15. The summed E-state index contributed by atoms with van der Waals surface area (Å²) in [5.74, 6) is 0.543. The number of hydrogen-bond donors (Lipinski definition) is 3. The molecule has 122 valence electrons. The predicted molar refractivity (Wildman–Crippen MR) is 87.7 cm³/mol. The monoisotopic (exact) mass is 346 g/mol. The Hall–Kier alpha value is -1.24. The van der Waals surface area contributed by atoms with Crippen molar-refractivity contribution < 1.29 is 9.53 Å². The first kappa shape index (κ1) is 17.1. The number of halogens is 2. The third-order valence-corrected chi connectivity index (χ3v) is 3.89. The van der Waals surface area contributed by atoms with Crippen molar-refractivity contribution in [3.63, 3.8) is 0 Å². The molecule has 2 amide bonds. The van der Waals surface area contributed by atoms with E-state index in [0.29, 0.717) is 29.0 Å². The van der Waals surface area contributed by atoms with E-state index in [-0.39, 0.29) is 18.2 Å². The van der Waals surface area contributed by atoms with Gasteiger partial charge < -0.3 is 20.7 Å². The maximum absolute atomic E-state index is 11.8. The van der Waals surface area contributed by atoms with E-state index in [4.69, 9.17) is 27.9 Å². The summed E-state index contributed by atoms with van der Waals surface area (Å²) >= 11 is 11.8. The average molecular weight is 347 g/mol. The van der Waals surface area contributed by atoms with Crippen LogP contribution in [0.15, 0.2) is 12.3 Å². The number of ether oxygens (including phenoxy) is 1. The number of carbonyl (C=O) groups excluding carboxylic acids is 1. The van der Waals surface area contributed by atoms with Crippen molar-refractivity contribution >= 4 is 35.1 Å². The van der Waals surface area contributed by atoms with E-state index in [9.17, 15) is 4.79 Å². The van der Waals surface area contributed by atoms with Crippen molar-refractivity contribution in [2.45, 2.75) is 31.9 Å². The van der Waals surface area contributed by atoms with Crippen molar-refractivity contribution in [1.82, 2.24) is 15.6 Å². The van der Waals surface area contributed by atoms with E-state index >= 15 is 0 Å². The highest BCUT2D eigenvalue weighted by Gasteiger charge is 2.23. The summed E-state index contributed by atoms with van der Waals surface area (Å²) in [6, 6.07) is 1.41. The quantitative estimate of drug-likeness (QED) is 0.692. The molecule has 1 fully saturated rings. The maximum atomic E-state index is 11.8. The van der Waals surface area contributed by atoms with E-state index in [0.717, 1.165) is 19.4 Å². The number of aromatic nitrogens is 1. The molecule has 0 radical (unpaired) electrons. The van der Waals surface area contributed by atoms with Gasteiger partial charge in [0.15, 0.2) is 0 Å². The molecule has 1 aromatic rings. The fourth-order valence-electron chi connectivity index (χ4n) is 2.25. The number of urea groups is 1. The van der Waals surface area contributed by atoms with Crippen molar-refractivity contribution in [1.29, 1.82) is 0 Å². The molecule has 2 atom stereocenters. The van der Waals surface area contributed by atoms with Crippen LogP contribution in [0.1, 0.15) is 19.8 Å². The number of pyridine rings is 1. The lowest BCUT2D eigenvalue weighted by Crippen LogP contribution is -2.46. The predicted octanol–water partition coefficient (Wildman–Crippen LogP) is 2.67. The lowest BCUT2D eigenvalue weighted by atomic mass is 10.1. The van der Waals surface area contributed by atoms with Crippen molar-refractivity contribution in [3.8, 4) is 0 Å². The Bertz CT molecular complexity index is 510. The van der Waals surface area contributed by atoms with Gasteiger partial charge >= 0.3 is 6.03 Å². The molecule has 2 rings (SSSR count). The highest BCUT2D eigenvalue weighted by molar-refractivity contribution is 6.35. The molecule has 1 aliphatic heterocycles. The first-order chi connectivity index (χ1) is 10.6. The number of hydrogen-bond acceptors (Lipinski definition) is 4. The Morgan fingerprint density at radius 1 is 1.50 bits per heavy atom. The van der Waals surface area contributed by atoms with Crippen molar-refractivity contribution in [2.24, 2.45) is 0 Å². The number of carbonyl (C=O) groups is 1. The first-order valence-electron chi connectivity index (χ1n) is 7.27. The second kappa shape index (κ2) is 8.41. The van der Waals surface area contributed by atoms with Crippen LogP contribution in [0, 0.1) is 0 Å². The molecular weight excluding hydrogens is 327 g/mol. The normalized spacial score (nSPS) is 18.8. The number of rotatable bonds is 6. The zero-order chi connectivity index (χ0) is 15.9. The SMILES string of the molecule is C[C@@H](NC(=O)NCCNc1ncc(Cl)cc1Cl)[C@H]1CCCO1. The minimum Gasteiger partial charge on any atom is -0.376 e. The maximum Gasteiger partial charge on any atom is 0.315 e. The zero-order valence-corrected chi connectivity index (χ0v) is 13.9. The summed E-state index contributed by atoms with van der Waals surface area (Å²) < 4.78 is 5.53. The van der Waals surface area contributed by atoms with Crippen molar-refractivity contribution in [3.05, 3.63) is 22.3 Å². The molecule has 0 aromatic carbocycles. The van der Waals surface area contributed by atoms with Gasteiger partial charge in [-0.3, -0.25) is 0 Å². The van der Waals surface area contributed by atoms with Crippen LogP contribution in [0.4, 0.5) is 10.6 Å². The summed E-state index contributed by atoms with van der Waals surface area (Å²) in [6.45, 7) is 3.68. The van der Waals surface area contributed by atoms with Crippen LogP contribution in [0.2, 0.25) is 10.0 Å². The first-order valence-corrected chi connectivity index (χ1v) is 8.02. The van der Waals surface area contributed by atoms with Crippen LogP contribution < -0.4 is 16.0 Å². The number of nitrogens with one attached hydrogen (secondary N) is 3. The molecule has 6 nitrogen and oxygen atoms in total. The van der Waals surface area contributed by atoms with Gasteiger partial charge in [-0.25, -0.2) is 9.78 Å². The molecule has 1 aliphatic rings. The zero-order valence-electron chi connectivity index (χ0n) is 12.4. The largest absolute Gasteiger partial charge is 0.376 e. The Balaban J connectivity index is 1.64. The second-order valence-corrected chi connectivity index (χ2v) is 5.99. The standard InChI is InChI=1S/C14H20Cl2N4O2/c1-9(12-3-2-6-22-12)20-14(21)18-5-4-17-13-11(16)7-10(15)8-19-13/h7-9,12H,2-6H2,1H3,(H,17,19)(H2,18,20,21)/t9-,12-/m1/s1. The highest BCUT2D eigenvalue weighted by Crippen LogP contribution is 2.22. The summed E-state index contributed by atoms with van der Waals surface area (Å²) in [5.41, 5.74) is 0. The minimum absolute atomic E-state index is 0.00263. The van der Waals surface area contributed by atoms with Crippen LogP contribution in [0.25, 0.3) is 0 Å². The minimum atomic E-state index is -0.208. The fraction of sp³-hybridized carbons (Fsp3) is 0.571. The summed E-state index contributed by atoms with van der Waals surface area (Å²) in [5, 5.41) is 9.62. The van der Waals surface area contributed by atoms with Crippen molar-refractivity contribution in [2.75, 3.05) is 25.0 Å². The van der Waals surface area contributed by atoms with Crippen LogP contribution >= 0.6 is 23.2 Å². The van der Waals surface area contributed by atoms with Crippen LogP contribution in [-0.4, -0.2) is 42.9 Å². The van der Waals surface area contributed by atoms with Gasteiger partial charge in [0.2, 0.25) is 0 Å². The van der Waals surface area contributed by atoms with E-state index in [2.05, 4.69) is 20.9 Å². The van der Waals surface area contributed by atoms with Crippen LogP contribution in [0.5, 0.6) is 0 Å². The molecule has 1 aromatic heterocycles.